The summed E-state index contributed by atoms with van der Waals surface area (Å²) < 4.78 is 33.0. The first kappa shape index (κ1) is 25.9. The van der Waals surface area contributed by atoms with E-state index in [2.05, 4.69) is 15.5 Å². The van der Waals surface area contributed by atoms with Crippen molar-refractivity contribution in [2.24, 2.45) is 5.92 Å². The van der Waals surface area contributed by atoms with Crippen LogP contribution in [0.2, 0.25) is 0 Å². The highest BCUT2D eigenvalue weighted by molar-refractivity contribution is 7.85. The van der Waals surface area contributed by atoms with E-state index in [4.69, 9.17) is 8.92 Å². The zero-order valence-electron chi connectivity index (χ0n) is 20.5. The molecule has 1 aromatic carbocycles. The molecule has 196 valence electrons. The van der Waals surface area contributed by atoms with Crippen LogP contribution in [0.15, 0.2) is 41.5 Å². The van der Waals surface area contributed by atoms with Crippen molar-refractivity contribution in [1.82, 2.24) is 14.8 Å². The second kappa shape index (κ2) is 11.3. The molecule has 2 heterocycles. The normalized spacial score (nSPS) is 16.3. The van der Waals surface area contributed by atoms with E-state index < -0.39 is 10.1 Å². The maximum atomic E-state index is 12.6. The number of pyridine rings is 1. The van der Waals surface area contributed by atoms with Crippen LogP contribution in [0.5, 0.6) is 5.75 Å². The topological polar surface area (TPSA) is 132 Å². The summed E-state index contributed by atoms with van der Waals surface area (Å²) in [5, 5.41) is 10.3. The summed E-state index contributed by atoms with van der Waals surface area (Å²) in [5.74, 6) is 0.497. The lowest BCUT2D eigenvalue weighted by molar-refractivity contribution is 0.102. The van der Waals surface area contributed by atoms with Gasteiger partial charge in [0.05, 0.1) is 37.2 Å². The number of aromatic amines is 1. The van der Waals surface area contributed by atoms with Gasteiger partial charge in [-0.1, -0.05) is 19.3 Å². The van der Waals surface area contributed by atoms with Gasteiger partial charge in [0.2, 0.25) is 0 Å². The maximum absolute atomic E-state index is 12.6. The van der Waals surface area contributed by atoms with Gasteiger partial charge >= 0.3 is 0 Å². The average molecular weight is 519 g/mol. The van der Waals surface area contributed by atoms with Gasteiger partial charge in [0.1, 0.15) is 11.4 Å². The molecule has 0 aliphatic heterocycles. The zero-order valence-corrected chi connectivity index (χ0v) is 21.3. The quantitative estimate of drug-likeness (QED) is 0.450. The number of benzene rings is 1. The van der Waals surface area contributed by atoms with Gasteiger partial charge in [0.25, 0.3) is 21.6 Å². The highest BCUT2D eigenvalue weighted by Gasteiger charge is 2.25. The number of amides is 1. The minimum absolute atomic E-state index is 0. The minimum atomic E-state index is -3.22. The second-order valence-electron chi connectivity index (χ2n) is 9.32. The summed E-state index contributed by atoms with van der Waals surface area (Å²) in [6.45, 7) is 0.388. The summed E-state index contributed by atoms with van der Waals surface area (Å²) in [7, 11) is -1.73. The van der Waals surface area contributed by atoms with E-state index in [1.165, 1.54) is 26.4 Å². The Kier molecular flexibility index (Phi) is 8.10. The van der Waals surface area contributed by atoms with Crippen molar-refractivity contribution in [2.75, 3.05) is 25.3 Å². The Labute approximate surface area is 211 Å². The Balaban J connectivity index is 0.000000249. The van der Waals surface area contributed by atoms with Crippen LogP contribution < -0.4 is 15.6 Å². The molecule has 2 aromatic heterocycles. The summed E-state index contributed by atoms with van der Waals surface area (Å²) in [5.41, 5.74) is 1.22. The van der Waals surface area contributed by atoms with E-state index in [1.54, 1.807) is 41.2 Å². The zero-order chi connectivity index (χ0) is 25.7. The third-order valence-electron chi connectivity index (χ3n) is 6.41. The molecule has 2 fully saturated rings. The number of hydrogen-bond donors (Lipinski definition) is 2. The van der Waals surface area contributed by atoms with Gasteiger partial charge in [-0.2, -0.15) is 13.5 Å². The molecule has 0 unspecified atom stereocenters. The number of nitrogens with one attached hydrogen (secondary N) is 2. The predicted octanol–water partition coefficient (Wildman–Crippen LogP) is 4.11. The van der Waals surface area contributed by atoms with Gasteiger partial charge in [0, 0.05) is 25.1 Å². The summed E-state index contributed by atoms with van der Waals surface area (Å²) in [6, 6.07) is 7.04. The lowest BCUT2D eigenvalue weighted by Crippen LogP contribution is -2.25. The van der Waals surface area contributed by atoms with Gasteiger partial charge in [0.15, 0.2) is 0 Å². The molecular weight excluding hydrogens is 484 g/mol. The number of carbonyl (C=O) groups is 1. The van der Waals surface area contributed by atoms with Crippen LogP contribution in [-0.4, -0.2) is 49.1 Å². The number of ether oxygens (including phenoxy) is 1. The lowest BCUT2D eigenvalue weighted by atomic mass is 9.90. The van der Waals surface area contributed by atoms with Gasteiger partial charge in [-0.15, -0.1) is 0 Å². The van der Waals surface area contributed by atoms with Crippen molar-refractivity contribution < 1.29 is 23.6 Å². The first-order valence-corrected chi connectivity index (χ1v) is 13.9. The van der Waals surface area contributed by atoms with Crippen molar-refractivity contribution in [3.8, 4) is 5.75 Å². The van der Waals surface area contributed by atoms with Crippen molar-refractivity contribution in [2.45, 2.75) is 51.0 Å². The number of hydrogen-bond acceptors (Lipinski definition) is 7. The number of nitrogens with zero attached hydrogens (tertiary/aromatic N) is 2. The Morgan fingerprint density at radius 3 is 2.64 bits per heavy atom. The molecule has 1 amide bonds. The fourth-order valence-corrected chi connectivity index (χ4v) is 4.77. The molecule has 36 heavy (non-hydrogen) atoms. The van der Waals surface area contributed by atoms with Crippen LogP contribution in [0.25, 0.3) is 10.9 Å². The van der Waals surface area contributed by atoms with E-state index in [0.29, 0.717) is 23.8 Å². The molecular formula is C25H34N4O6S. The molecule has 0 spiro atoms. The number of aromatic nitrogens is 3. The van der Waals surface area contributed by atoms with Crippen LogP contribution in [0, 0.1) is 5.92 Å². The average Bonchev–Trinajstić information content (AvgIpc) is 3.60. The van der Waals surface area contributed by atoms with Gasteiger partial charge in [-0.25, -0.2) is 0 Å². The highest BCUT2D eigenvalue weighted by atomic mass is 32.2. The maximum Gasteiger partial charge on any atom is 0.274 e. The molecule has 2 saturated carbocycles. The van der Waals surface area contributed by atoms with Crippen LogP contribution in [-0.2, 0) is 14.3 Å². The van der Waals surface area contributed by atoms with Crippen molar-refractivity contribution in [1.29, 1.82) is 0 Å². The number of rotatable bonds is 7. The van der Waals surface area contributed by atoms with Crippen LogP contribution in [0.1, 0.15) is 62.8 Å². The molecule has 0 radical (unpaired) electrons. The highest BCUT2D eigenvalue weighted by Crippen LogP contribution is 2.33. The van der Waals surface area contributed by atoms with Crippen LogP contribution in [0.4, 0.5) is 5.69 Å². The summed E-state index contributed by atoms with van der Waals surface area (Å²) >= 11 is 0. The largest absolute Gasteiger partial charge is 0.496 e. The first-order valence-electron chi connectivity index (χ1n) is 12.1. The van der Waals surface area contributed by atoms with Crippen LogP contribution in [0.3, 0.4) is 0 Å². The number of carbonyl (C=O) groups excluding carboxylic acids is 1. The van der Waals surface area contributed by atoms with E-state index in [0.717, 1.165) is 42.8 Å². The minimum Gasteiger partial charge on any atom is -0.496 e. The molecule has 0 atom stereocenters. The molecule has 10 nitrogen and oxygen atoms in total. The third-order valence-corrected chi connectivity index (χ3v) is 6.97. The molecule has 2 aliphatic carbocycles. The first-order chi connectivity index (χ1) is 17.2. The molecule has 11 heteroatoms. The molecule has 0 saturated heterocycles. The van der Waals surface area contributed by atoms with Crippen molar-refractivity contribution in [3.63, 3.8) is 0 Å². The van der Waals surface area contributed by atoms with Crippen molar-refractivity contribution >= 4 is 32.6 Å². The monoisotopic (exact) mass is 518 g/mol. The molecule has 2 aliphatic rings. The van der Waals surface area contributed by atoms with E-state index in [9.17, 15) is 18.0 Å². The standard InChI is InChI=1S/C17H16N4O3.C8H16O3S.H2/c1-24-15-8-14-10(9-18-20-14)7-12(15)16(22)19-13-3-2-6-21(17(13)23)11-4-5-11;1-12(9,10)11-7-8-5-3-2-4-6-8;/h2-3,6-9,11H,4-5H2,1H3,(H,18,20)(H,19,22);8H,2-7H2,1H3;1H. The number of methoxy groups -OCH3 is 1. The van der Waals surface area contributed by atoms with Gasteiger partial charge in [-0.3, -0.25) is 18.9 Å². The fourth-order valence-electron chi connectivity index (χ4n) is 4.33. The predicted molar refractivity (Wildman–Crippen MR) is 139 cm³/mol. The summed E-state index contributed by atoms with van der Waals surface area (Å²) in [4.78, 5) is 25.1. The summed E-state index contributed by atoms with van der Waals surface area (Å²) in [6.07, 6.45) is 12.5. The molecule has 0 bridgehead atoms. The van der Waals surface area contributed by atoms with Gasteiger partial charge in [-0.05, 0) is 49.8 Å². The van der Waals surface area contributed by atoms with Crippen molar-refractivity contribution in [3.05, 3.63) is 52.6 Å². The Morgan fingerprint density at radius 1 is 1.22 bits per heavy atom. The number of H-pyrrole nitrogens is 1. The molecule has 2 N–H and O–H groups in total. The fraction of sp³-hybridized carbons (Fsp3) is 0.480. The third kappa shape index (κ3) is 6.73. The Hall–Kier alpha value is -3.18. The second-order valence-corrected chi connectivity index (χ2v) is 11.0. The lowest BCUT2D eigenvalue weighted by Gasteiger charge is -2.20. The van der Waals surface area contributed by atoms with E-state index >= 15 is 0 Å². The molecule has 5 rings (SSSR count). The number of fused-ring (bicyclic) bond motifs is 1. The van der Waals surface area contributed by atoms with Crippen LogP contribution >= 0.6 is 0 Å². The van der Waals surface area contributed by atoms with E-state index in [-0.39, 0.29) is 24.6 Å². The number of anilines is 1. The van der Waals surface area contributed by atoms with E-state index in [1.807, 2.05) is 0 Å². The molecule has 3 aromatic rings. The Morgan fingerprint density at radius 2 is 1.97 bits per heavy atom. The SMILES string of the molecule is COc1cc2[nH]ncc2cc1C(=O)Nc1cccn(C2CC2)c1=O.CS(=O)(=O)OCC1CCCCC1.[HH]. The van der Waals surface area contributed by atoms with Gasteiger partial charge < -0.3 is 14.6 Å². The Bertz CT molecular complexity index is 1380. The smallest absolute Gasteiger partial charge is 0.274 e.